The fraction of sp³-hybridized carbons (Fsp3) is 0.340. The van der Waals surface area contributed by atoms with Crippen LogP contribution in [-0.4, -0.2) is 74.2 Å². The number of benzene rings is 3. The zero-order chi connectivity index (χ0) is 43.4. The minimum absolute atomic E-state index is 0.0599. The van der Waals surface area contributed by atoms with Gasteiger partial charge in [-0.25, -0.2) is 4.98 Å². The summed E-state index contributed by atoms with van der Waals surface area (Å²) in [6.07, 6.45) is 6.00. The number of rotatable bonds is 11. The number of carbonyl (C=O) groups is 5. The quantitative estimate of drug-likeness (QED) is 0.0673. The Bertz CT molecular complexity index is 2600. The van der Waals surface area contributed by atoms with Crippen molar-refractivity contribution in [1.82, 2.24) is 23.7 Å². The van der Waals surface area contributed by atoms with Crippen LogP contribution in [0.15, 0.2) is 96.7 Å². The van der Waals surface area contributed by atoms with E-state index in [-0.39, 0.29) is 72.7 Å². The molecule has 2 aliphatic heterocycles. The van der Waals surface area contributed by atoms with Crippen molar-refractivity contribution in [3.05, 3.63) is 117 Å². The van der Waals surface area contributed by atoms with Crippen LogP contribution in [0.3, 0.4) is 0 Å². The van der Waals surface area contributed by atoms with Gasteiger partial charge >= 0.3 is 285 Å². The number of anilines is 2. The number of hydrogen-bond acceptors (Lipinski definition) is 10. The number of amides is 5. The van der Waals surface area contributed by atoms with Crippen LogP contribution in [0.25, 0.3) is 21.3 Å². The summed E-state index contributed by atoms with van der Waals surface area (Å²) in [5.74, 6) is -1.63. The van der Waals surface area contributed by atoms with Crippen LogP contribution < -0.4 is 40.5 Å². The van der Waals surface area contributed by atoms with Gasteiger partial charge in [0.2, 0.25) is 0 Å². The predicted octanol–water partition coefficient (Wildman–Crippen LogP) is 2.69. The van der Waals surface area contributed by atoms with E-state index >= 15 is 0 Å². The molecule has 9 rings (SSSR count). The van der Waals surface area contributed by atoms with E-state index < -0.39 is 45.1 Å². The molecule has 2 bridgehead atoms. The van der Waals surface area contributed by atoms with E-state index in [0.717, 1.165) is 37.1 Å². The second-order valence-corrected chi connectivity index (χ2v) is 20.8. The van der Waals surface area contributed by atoms with E-state index in [0.29, 0.717) is 22.5 Å². The molecule has 4 aliphatic rings. The predicted molar refractivity (Wildman–Crippen MR) is 232 cm³/mol. The topological polar surface area (TPSA) is 174 Å². The number of hydrogen-bond donors (Lipinski definition) is 4. The number of likely N-dealkylation sites (tertiary alicyclic amines) is 1. The first-order chi connectivity index (χ1) is 29.8. The third-order valence-corrected chi connectivity index (χ3v) is 15.9. The number of aliphatic hydroxyl groups excluding tert-OH is 1. The van der Waals surface area contributed by atoms with E-state index in [1.54, 1.807) is 47.9 Å². The molecule has 4 heterocycles. The Morgan fingerprint density at radius 3 is 2.29 bits per heavy atom. The van der Waals surface area contributed by atoms with Gasteiger partial charge in [0.05, 0.1) is 27.9 Å². The van der Waals surface area contributed by atoms with Gasteiger partial charge in [-0.3, -0.25) is 9.59 Å². The van der Waals surface area contributed by atoms with Crippen molar-refractivity contribution in [1.29, 1.82) is 0 Å². The number of carbonyl (C=O) groups excluding carboxylic acids is 5. The molecule has 2 aromatic heterocycles. The standard InChI is InChI=1S/C47H47IN7O6S/c1-25-40(62-24-51-25)27-10-8-26(9-11-27)22-50-43(58)36-21-32(56)23-54(36)46(61)41(47(2,3)4)53-48-34-18-19-49-39-33(34)6-5-7-35(39)52-42(57)28-14-16-31(17-15-28)55-44(59)37-29-12-13-30(20-29)38(37)45(55)60/h5-19,24,29-30,32,36-38,41,53,56H,20-23H2,1-4H3,(H,50,58)(H,52,57)/q-1/t29?,30?,32?,36?,37?,38?,41-/m1/s1. The Hall–Kier alpha value is -5.36. The maximum atomic E-state index is 14.4. The Morgan fingerprint density at radius 2 is 1.63 bits per heavy atom. The summed E-state index contributed by atoms with van der Waals surface area (Å²) in [4.78, 5) is 81.1. The van der Waals surface area contributed by atoms with Gasteiger partial charge in [0, 0.05) is 0 Å². The van der Waals surface area contributed by atoms with Crippen molar-refractivity contribution in [2.24, 2.45) is 29.1 Å². The van der Waals surface area contributed by atoms with Gasteiger partial charge in [-0.2, -0.15) is 0 Å². The number of nitrogens with one attached hydrogen (secondary N) is 3. The normalized spacial score (nSPS) is 23.4. The van der Waals surface area contributed by atoms with E-state index in [1.165, 1.54) is 9.80 Å². The fourth-order valence-electron chi connectivity index (χ4n) is 9.26. The fourth-order valence-corrected chi connectivity index (χ4v) is 13.0. The molecule has 5 amide bonds. The summed E-state index contributed by atoms with van der Waals surface area (Å²) in [7, 11) is 0. The minimum atomic E-state index is -1.01. The summed E-state index contributed by atoms with van der Waals surface area (Å²) in [6.45, 7) is 8.25. The number of nitrogens with zero attached hydrogens (tertiary/aromatic N) is 4. The third-order valence-electron chi connectivity index (χ3n) is 12.5. The van der Waals surface area contributed by atoms with Gasteiger partial charge in [0.15, 0.2) is 0 Å². The number of imide groups is 1. The molecular weight excluding hydrogens is 918 g/mol. The number of thiazole rings is 1. The van der Waals surface area contributed by atoms with Gasteiger partial charge < -0.3 is 0 Å². The van der Waals surface area contributed by atoms with Crippen LogP contribution in [-0.2, 0) is 25.7 Å². The van der Waals surface area contributed by atoms with Gasteiger partial charge in [0.25, 0.3) is 0 Å². The van der Waals surface area contributed by atoms with Crippen molar-refractivity contribution in [2.75, 3.05) is 16.8 Å². The Kier molecular flexibility index (Phi) is 11.3. The Morgan fingerprint density at radius 1 is 0.919 bits per heavy atom. The van der Waals surface area contributed by atoms with Crippen molar-refractivity contribution < 1.29 is 50.6 Å². The van der Waals surface area contributed by atoms with Crippen molar-refractivity contribution >= 4 is 63.2 Å². The number of aryl methyl sites for hydroxylation is 1. The molecule has 2 saturated heterocycles. The van der Waals surface area contributed by atoms with Gasteiger partial charge in [-0.05, 0) is 25.2 Å². The number of halogens is 1. The molecule has 15 heteroatoms. The number of pyridine rings is 1. The molecule has 0 radical (unpaired) electrons. The van der Waals surface area contributed by atoms with E-state index in [9.17, 15) is 29.1 Å². The molecular formula is C47H47IN7O6S-. The number of aliphatic hydroxyl groups is 1. The van der Waals surface area contributed by atoms with Gasteiger partial charge in [0.1, 0.15) is 0 Å². The number of allylic oxidation sites excluding steroid dienone is 2. The number of aromatic nitrogens is 2. The van der Waals surface area contributed by atoms with Crippen LogP contribution in [0, 0.1) is 39.6 Å². The molecule has 3 aromatic carbocycles. The molecule has 3 fully saturated rings. The third kappa shape index (κ3) is 7.84. The zero-order valence-electron chi connectivity index (χ0n) is 34.7. The molecule has 1 saturated carbocycles. The molecule has 13 nitrogen and oxygen atoms in total. The first-order valence-electron chi connectivity index (χ1n) is 20.8. The zero-order valence-corrected chi connectivity index (χ0v) is 37.6. The van der Waals surface area contributed by atoms with Crippen molar-refractivity contribution in [2.45, 2.75) is 65.3 Å². The molecule has 5 aromatic rings. The monoisotopic (exact) mass is 964 g/mol. The summed E-state index contributed by atoms with van der Waals surface area (Å²) in [5, 5.41) is 17.5. The summed E-state index contributed by atoms with van der Waals surface area (Å²) in [6, 6.07) is 20.5. The second kappa shape index (κ2) is 16.7. The molecule has 6 unspecified atom stereocenters. The first-order valence-corrected chi connectivity index (χ1v) is 23.8. The summed E-state index contributed by atoms with van der Waals surface area (Å²) >= 11 is 0.573. The van der Waals surface area contributed by atoms with E-state index in [4.69, 9.17) is 0 Å². The van der Waals surface area contributed by atoms with Gasteiger partial charge in [-0.1, -0.05) is 12.2 Å². The van der Waals surface area contributed by atoms with Crippen LogP contribution >= 0.6 is 11.3 Å². The van der Waals surface area contributed by atoms with Crippen LogP contribution in [0.5, 0.6) is 0 Å². The SMILES string of the molecule is Cc1ncsc1-c1ccc(CNC(=O)C2CC(O)CN2C(=O)[C@@H](N[I-]c2ccnc3c(NC(=O)c4ccc(N5C(=O)C6C7C=CC(C7)C6C5=O)cc4)cccc23)C(C)(C)C)cc1. The molecule has 2 aliphatic carbocycles. The average Bonchev–Trinajstić information content (AvgIpc) is 4.10. The van der Waals surface area contributed by atoms with E-state index in [2.05, 4.69) is 36.3 Å². The van der Waals surface area contributed by atoms with Crippen LogP contribution in [0.4, 0.5) is 11.4 Å². The second-order valence-electron chi connectivity index (χ2n) is 17.6. The molecule has 62 heavy (non-hydrogen) atoms. The molecule has 4 N–H and O–H groups in total. The van der Waals surface area contributed by atoms with E-state index in [1.807, 2.05) is 75.7 Å². The average molecular weight is 965 g/mol. The maximum absolute atomic E-state index is 14.4. The van der Waals surface area contributed by atoms with Crippen LogP contribution in [0.1, 0.15) is 55.2 Å². The number of fused-ring (bicyclic) bond motifs is 6. The summed E-state index contributed by atoms with van der Waals surface area (Å²) < 4.78 is 4.53. The van der Waals surface area contributed by atoms with Crippen molar-refractivity contribution in [3.8, 4) is 10.4 Å². The van der Waals surface area contributed by atoms with Crippen molar-refractivity contribution in [3.63, 3.8) is 0 Å². The summed E-state index contributed by atoms with van der Waals surface area (Å²) in [5.41, 5.74) is 6.16. The van der Waals surface area contributed by atoms with Crippen LogP contribution in [0.2, 0.25) is 0 Å². The molecule has 0 spiro atoms. The molecule has 320 valence electrons. The first kappa shape index (κ1) is 42.0. The van der Waals surface area contributed by atoms with Gasteiger partial charge in [-0.15, -0.1) is 11.3 Å². The number of para-hydroxylation sites is 1. The molecule has 7 atom stereocenters. The Balaban J connectivity index is 0.853. The Labute approximate surface area is 374 Å². The number of β-amino-alcohol motifs (C(OH)–C–C–N with tert-alkyl or cyclic N) is 1.